The van der Waals surface area contributed by atoms with Crippen LogP contribution in [0.15, 0.2) is 0 Å². The van der Waals surface area contributed by atoms with Crippen LogP contribution in [0.5, 0.6) is 0 Å². The lowest BCUT2D eigenvalue weighted by Crippen LogP contribution is -2.20. The quantitative estimate of drug-likeness (QED) is 0.508. The molecule has 1 saturated carbocycles. The van der Waals surface area contributed by atoms with E-state index in [0.29, 0.717) is 5.41 Å². The van der Waals surface area contributed by atoms with E-state index < -0.39 is 0 Å². The van der Waals surface area contributed by atoms with Crippen molar-refractivity contribution in [3.63, 3.8) is 0 Å². The van der Waals surface area contributed by atoms with E-state index in [1.165, 1.54) is 19.3 Å². The Morgan fingerprint density at radius 2 is 1.31 bits per heavy atom. The third-order valence-electron chi connectivity index (χ3n) is 3.12. The smallest absolute Gasteiger partial charge is 0.0251 e. The van der Waals surface area contributed by atoms with Crippen LogP contribution in [0.4, 0.5) is 0 Å². The first-order valence-corrected chi connectivity index (χ1v) is 5.02. The molecule has 0 unspecified atom stereocenters. The highest BCUT2D eigenvalue weighted by atomic mass is 14.5. The zero-order chi connectivity index (χ0) is 9.12. The van der Waals surface area contributed by atoms with E-state index >= 15 is 0 Å². The fourth-order valence-corrected chi connectivity index (χ4v) is 1.78. The number of hydrogen-bond acceptors (Lipinski definition) is 0. The predicted molar refractivity (Wildman–Crippen MR) is 66.2 cm³/mol. The van der Waals surface area contributed by atoms with Crippen molar-refractivity contribution in [1.82, 2.24) is 0 Å². The number of rotatable bonds is 1. The van der Waals surface area contributed by atoms with Crippen LogP contribution in [-0.2, 0) is 0 Å². The molecule has 0 aromatic carbocycles. The van der Waals surface area contributed by atoms with E-state index in [2.05, 4.69) is 27.7 Å². The molecule has 13 heavy (non-hydrogen) atoms. The monoisotopic (exact) mass is 188 g/mol. The van der Waals surface area contributed by atoms with Crippen LogP contribution in [-0.4, -0.2) is 0 Å². The van der Waals surface area contributed by atoms with Crippen molar-refractivity contribution in [3.8, 4) is 0 Å². The van der Waals surface area contributed by atoms with Gasteiger partial charge in [0, 0.05) is 0 Å². The summed E-state index contributed by atoms with van der Waals surface area (Å²) < 4.78 is 0. The Balaban J connectivity index is -0.000000234. The lowest BCUT2D eigenvalue weighted by molar-refractivity contribution is 0.207. The molecule has 0 heterocycles. The maximum absolute atomic E-state index is 2.36. The molecular formula is C13H32. The van der Waals surface area contributed by atoms with Gasteiger partial charge in [-0.05, 0) is 30.1 Å². The van der Waals surface area contributed by atoms with Crippen LogP contribution in [0, 0.1) is 10.8 Å². The van der Waals surface area contributed by atoms with Gasteiger partial charge in [-0.3, -0.25) is 0 Å². The molecule has 1 rings (SSSR count). The molecule has 1 aliphatic carbocycles. The molecule has 0 radical (unpaired) electrons. The van der Waals surface area contributed by atoms with Gasteiger partial charge in [-0.25, -0.2) is 0 Å². The highest BCUT2D eigenvalue weighted by Gasteiger charge is 2.49. The van der Waals surface area contributed by atoms with Gasteiger partial charge in [0.2, 0.25) is 0 Å². The summed E-state index contributed by atoms with van der Waals surface area (Å²) in [5, 5.41) is 0. The van der Waals surface area contributed by atoms with Crippen LogP contribution in [0.1, 0.15) is 75.7 Å². The third-order valence-corrected chi connectivity index (χ3v) is 3.12. The minimum Gasteiger partial charge on any atom is -0.0776 e. The summed E-state index contributed by atoms with van der Waals surface area (Å²) in [5.74, 6) is 0. The SMILES string of the molecule is C.C.CC.CCC1(C(C)(C)C)CC1. The molecule has 0 aliphatic heterocycles. The van der Waals surface area contributed by atoms with Crippen molar-refractivity contribution >= 4 is 0 Å². The highest BCUT2D eigenvalue weighted by Crippen LogP contribution is 2.60. The molecule has 84 valence electrons. The van der Waals surface area contributed by atoms with E-state index in [-0.39, 0.29) is 14.9 Å². The zero-order valence-electron chi connectivity index (χ0n) is 9.12. The largest absolute Gasteiger partial charge is 0.0776 e. The van der Waals surface area contributed by atoms with Crippen molar-refractivity contribution in [3.05, 3.63) is 0 Å². The molecule has 0 heteroatoms. The topological polar surface area (TPSA) is 0 Å². The van der Waals surface area contributed by atoms with E-state index in [1.54, 1.807) is 0 Å². The van der Waals surface area contributed by atoms with E-state index in [1.807, 2.05) is 13.8 Å². The molecule has 0 aromatic rings. The van der Waals surface area contributed by atoms with Gasteiger partial charge in [0.15, 0.2) is 0 Å². The Kier molecular flexibility index (Phi) is 9.29. The third kappa shape index (κ3) is 4.15. The van der Waals surface area contributed by atoms with Gasteiger partial charge < -0.3 is 0 Å². The van der Waals surface area contributed by atoms with Gasteiger partial charge >= 0.3 is 0 Å². The van der Waals surface area contributed by atoms with Crippen LogP contribution >= 0.6 is 0 Å². The maximum Gasteiger partial charge on any atom is -0.0251 e. The molecule has 0 nitrogen and oxygen atoms in total. The van der Waals surface area contributed by atoms with Gasteiger partial charge in [0.1, 0.15) is 0 Å². The summed E-state index contributed by atoms with van der Waals surface area (Å²) in [5.41, 5.74) is 1.29. The second-order valence-electron chi connectivity index (χ2n) is 4.38. The Morgan fingerprint density at radius 1 is 1.00 bits per heavy atom. The van der Waals surface area contributed by atoms with E-state index in [9.17, 15) is 0 Å². The molecule has 0 saturated heterocycles. The lowest BCUT2D eigenvalue weighted by Gasteiger charge is -2.29. The van der Waals surface area contributed by atoms with Crippen molar-refractivity contribution < 1.29 is 0 Å². The van der Waals surface area contributed by atoms with Crippen LogP contribution in [0.2, 0.25) is 0 Å². The fraction of sp³-hybridized carbons (Fsp3) is 1.00. The number of hydrogen-bond donors (Lipinski definition) is 0. The summed E-state index contributed by atoms with van der Waals surface area (Å²) >= 11 is 0. The van der Waals surface area contributed by atoms with Crippen LogP contribution < -0.4 is 0 Å². The highest BCUT2D eigenvalue weighted by molar-refractivity contribution is 5.00. The molecule has 1 aliphatic rings. The summed E-state index contributed by atoms with van der Waals surface area (Å²) in [6.07, 6.45) is 4.30. The summed E-state index contributed by atoms with van der Waals surface area (Å²) in [6.45, 7) is 13.4. The molecule has 0 bridgehead atoms. The van der Waals surface area contributed by atoms with E-state index in [0.717, 1.165) is 5.41 Å². The maximum atomic E-state index is 2.36. The van der Waals surface area contributed by atoms with Crippen molar-refractivity contribution in [1.29, 1.82) is 0 Å². The minimum absolute atomic E-state index is 0. The lowest BCUT2D eigenvalue weighted by atomic mass is 9.76. The minimum atomic E-state index is 0. The van der Waals surface area contributed by atoms with Gasteiger partial charge in [0.05, 0.1) is 0 Å². The average Bonchev–Trinajstić information content (AvgIpc) is 2.69. The Hall–Kier alpha value is 0. The predicted octanol–water partition coefficient (Wildman–Crippen LogP) is 5.52. The first-order valence-electron chi connectivity index (χ1n) is 5.02. The molecular weight excluding hydrogens is 156 g/mol. The molecule has 0 amide bonds. The van der Waals surface area contributed by atoms with Gasteiger partial charge in [-0.15, -0.1) is 0 Å². The van der Waals surface area contributed by atoms with Crippen molar-refractivity contribution in [2.75, 3.05) is 0 Å². The van der Waals surface area contributed by atoms with Gasteiger partial charge in [-0.2, -0.15) is 0 Å². The molecule has 0 aromatic heterocycles. The summed E-state index contributed by atoms with van der Waals surface area (Å²) in [6, 6.07) is 0. The first-order chi connectivity index (χ1) is 5.02. The molecule has 0 N–H and O–H groups in total. The van der Waals surface area contributed by atoms with Crippen LogP contribution in [0.25, 0.3) is 0 Å². The second kappa shape index (κ2) is 6.45. The van der Waals surface area contributed by atoms with Gasteiger partial charge in [-0.1, -0.05) is 56.4 Å². The van der Waals surface area contributed by atoms with Crippen LogP contribution in [0.3, 0.4) is 0 Å². The Bertz CT molecular complexity index is 102. The van der Waals surface area contributed by atoms with Gasteiger partial charge in [0.25, 0.3) is 0 Å². The van der Waals surface area contributed by atoms with Crippen molar-refractivity contribution in [2.24, 2.45) is 10.8 Å². The molecule has 0 spiro atoms. The summed E-state index contributed by atoms with van der Waals surface area (Å²) in [4.78, 5) is 0. The standard InChI is InChI=1S/C9H18.C2H6.2CH4/c1-5-9(6-7-9)8(2,3)4;1-2;;/h5-7H2,1-4H3;1-2H3;2*1H4. The molecule has 0 atom stereocenters. The normalized spacial score (nSPS) is 17.1. The summed E-state index contributed by atoms with van der Waals surface area (Å²) in [7, 11) is 0. The average molecular weight is 188 g/mol. The molecule has 1 fully saturated rings. The Labute approximate surface area is 87.1 Å². The second-order valence-corrected chi connectivity index (χ2v) is 4.38. The zero-order valence-corrected chi connectivity index (χ0v) is 9.12. The van der Waals surface area contributed by atoms with E-state index in [4.69, 9.17) is 0 Å². The Morgan fingerprint density at radius 3 is 1.31 bits per heavy atom. The van der Waals surface area contributed by atoms with Crippen molar-refractivity contribution in [2.45, 2.75) is 75.7 Å². The first kappa shape index (κ1) is 18.7. The fourth-order valence-electron chi connectivity index (χ4n) is 1.78.